The van der Waals surface area contributed by atoms with Crippen LogP contribution in [0.4, 0.5) is 5.69 Å². The van der Waals surface area contributed by atoms with Gasteiger partial charge in [0, 0.05) is 19.1 Å². The summed E-state index contributed by atoms with van der Waals surface area (Å²) in [5.74, 6) is 0. The van der Waals surface area contributed by atoms with Crippen LogP contribution in [0.25, 0.3) is 0 Å². The number of nitrogens with two attached hydrogens (primary N) is 1. The van der Waals surface area contributed by atoms with Crippen molar-refractivity contribution in [3.8, 4) is 0 Å². The molecule has 82 valence electrons. The predicted molar refractivity (Wildman–Crippen MR) is 66.4 cm³/mol. The van der Waals surface area contributed by atoms with Gasteiger partial charge in [-0.2, -0.15) is 0 Å². The smallest absolute Gasteiger partial charge is 0.124 e. The zero-order valence-electron chi connectivity index (χ0n) is 8.29. The molecular weight excluding hydrogens is 277 g/mol. The van der Waals surface area contributed by atoms with Crippen LogP contribution in [0.1, 0.15) is 12.8 Å². The number of pyridine rings is 1. The van der Waals surface area contributed by atoms with Crippen LogP contribution in [0, 0.1) is 0 Å². The standard InChI is InChI=1S/C10H13BrClN3/c11-10-9(12)4-8(5-14-10)15-3-1-2-7(13)6-15/h4-5,7H,1-3,6,13H2/t7-/m1/s1. The summed E-state index contributed by atoms with van der Waals surface area (Å²) in [5, 5.41) is 0.645. The minimum atomic E-state index is 0.265. The summed E-state index contributed by atoms with van der Waals surface area (Å²) in [4.78, 5) is 6.42. The highest BCUT2D eigenvalue weighted by Crippen LogP contribution is 2.26. The molecule has 1 aromatic rings. The van der Waals surface area contributed by atoms with Gasteiger partial charge < -0.3 is 10.6 Å². The molecule has 2 N–H and O–H groups in total. The highest BCUT2D eigenvalue weighted by atomic mass is 79.9. The predicted octanol–water partition coefficient (Wildman–Crippen LogP) is 2.43. The molecule has 2 rings (SSSR count). The number of nitrogens with zero attached hydrogens (tertiary/aromatic N) is 2. The lowest BCUT2D eigenvalue weighted by molar-refractivity contribution is 0.506. The van der Waals surface area contributed by atoms with Crippen molar-refractivity contribution in [3.05, 3.63) is 21.9 Å². The quantitative estimate of drug-likeness (QED) is 0.808. The summed E-state index contributed by atoms with van der Waals surface area (Å²) in [6, 6.07) is 2.19. The minimum absolute atomic E-state index is 0.265. The Morgan fingerprint density at radius 3 is 3.07 bits per heavy atom. The fourth-order valence-electron chi connectivity index (χ4n) is 1.83. The van der Waals surface area contributed by atoms with Crippen LogP contribution in [0.5, 0.6) is 0 Å². The molecule has 0 saturated carbocycles. The van der Waals surface area contributed by atoms with Gasteiger partial charge in [-0.15, -0.1) is 0 Å². The van der Waals surface area contributed by atoms with Gasteiger partial charge in [-0.3, -0.25) is 0 Å². The van der Waals surface area contributed by atoms with E-state index in [9.17, 15) is 0 Å². The molecular formula is C10H13BrClN3. The zero-order valence-corrected chi connectivity index (χ0v) is 10.6. The molecule has 0 spiro atoms. The molecule has 0 unspecified atom stereocenters. The molecule has 0 bridgehead atoms. The fraction of sp³-hybridized carbons (Fsp3) is 0.500. The summed E-state index contributed by atoms with van der Waals surface area (Å²) >= 11 is 9.28. The van der Waals surface area contributed by atoms with E-state index < -0.39 is 0 Å². The molecule has 1 aliphatic heterocycles. The number of rotatable bonds is 1. The Hall–Kier alpha value is -0.320. The van der Waals surface area contributed by atoms with Crippen molar-refractivity contribution >= 4 is 33.2 Å². The molecule has 3 nitrogen and oxygen atoms in total. The first-order chi connectivity index (χ1) is 7.16. The summed E-state index contributed by atoms with van der Waals surface area (Å²) in [7, 11) is 0. The lowest BCUT2D eigenvalue weighted by Gasteiger charge is -2.32. The Bertz CT molecular complexity index is 359. The van der Waals surface area contributed by atoms with Crippen molar-refractivity contribution in [1.82, 2.24) is 4.98 Å². The van der Waals surface area contributed by atoms with Crippen molar-refractivity contribution in [2.24, 2.45) is 5.73 Å². The van der Waals surface area contributed by atoms with Gasteiger partial charge in [0.05, 0.1) is 16.9 Å². The molecule has 1 aromatic heterocycles. The van der Waals surface area contributed by atoms with E-state index in [0.717, 1.165) is 31.6 Å². The molecule has 0 aromatic carbocycles. The summed E-state index contributed by atoms with van der Waals surface area (Å²) in [6.45, 7) is 1.92. The Kier molecular flexibility index (Phi) is 3.49. The Morgan fingerprint density at radius 1 is 1.60 bits per heavy atom. The van der Waals surface area contributed by atoms with Crippen molar-refractivity contribution in [1.29, 1.82) is 0 Å². The molecule has 0 radical (unpaired) electrons. The van der Waals surface area contributed by atoms with Gasteiger partial charge in [-0.25, -0.2) is 4.98 Å². The number of hydrogen-bond donors (Lipinski definition) is 1. The van der Waals surface area contributed by atoms with E-state index in [2.05, 4.69) is 25.8 Å². The number of piperidine rings is 1. The summed E-state index contributed by atoms with van der Waals surface area (Å²) in [6.07, 6.45) is 4.07. The second-order valence-corrected chi connectivity index (χ2v) is 4.97. The van der Waals surface area contributed by atoms with Gasteiger partial charge in [0.25, 0.3) is 0 Å². The molecule has 0 amide bonds. The van der Waals surface area contributed by atoms with E-state index in [1.54, 1.807) is 0 Å². The van der Waals surface area contributed by atoms with Gasteiger partial charge in [0.2, 0.25) is 0 Å². The van der Waals surface area contributed by atoms with Crippen LogP contribution < -0.4 is 10.6 Å². The third kappa shape index (κ3) is 2.62. The summed E-state index contributed by atoms with van der Waals surface area (Å²) in [5.41, 5.74) is 6.98. The maximum absolute atomic E-state index is 6.00. The monoisotopic (exact) mass is 289 g/mol. The number of halogens is 2. The van der Waals surface area contributed by atoms with E-state index in [4.69, 9.17) is 17.3 Å². The van der Waals surface area contributed by atoms with Gasteiger partial charge in [0.1, 0.15) is 4.60 Å². The fourth-order valence-corrected chi connectivity index (χ4v) is 2.21. The highest BCUT2D eigenvalue weighted by Gasteiger charge is 2.17. The molecule has 1 fully saturated rings. The molecule has 1 aliphatic rings. The lowest BCUT2D eigenvalue weighted by Crippen LogP contribution is -2.42. The van der Waals surface area contributed by atoms with E-state index in [1.165, 1.54) is 0 Å². The third-order valence-electron chi connectivity index (χ3n) is 2.60. The normalized spacial score (nSPS) is 21.8. The first-order valence-electron chi connectivity index (χ1n) is 4.98. The number of aromatic nitrogens is 1. The highest BCUT2D eigenvalue weighted by molar-refractivity contribution is 9.10. The van der Waals surface area contributed by atoms with Crippen LogP contribution in [-0.4, -0.2) is 24.1 Å². The minimum Gasteiger partial charge on any atom is -0.369 e. The maximum atomic E-state index is 6.00. The molecule has 1 atom stereocenters. The third-order valence-corrected chi connectivity index (χ3v) is 3.75. The van der Waals surface area contributed by atoms with Gasteiger partial charge in [0.15, 0.2) is 0 Å². The van der Waals surface area contributed by atoms with Crippen molar-refractivity contribution in [2.45, 2.75) is 18.9 Å². The SMILES string of the molecule is N[C@@H]1CCCN(c2cnc(Br)c(Cl)c2)C1. The maximum Gasteiger partial charge on any atom is 0.124 e. The van der Waals surface area contributed by atoms with Crippen LogP contribution in [0.2, 0.25) is 5.02 Å². The van der Waals surface area contributed by atoms with Gasteiger partial charge >= 0.3 is 0 Å². The van der Waals surface area contributed by atoms with Crippen LogP contribution in [0.15, 0.2) is 16.9 Å². The number of hydrogen-bond acceptors (Lipinski definition) is 3. The summed E-state index contributed by atoms with van der Waals surface area (Å²) < 4.78 is 0.689. The van der Waals surface area contributed by atoms with Crippen molar-refractivity contribution < 1.29 is 0 Å². The van der Waals surface area contributed by atoms with E-state index in [0.29, 0.717) is 9.63 Å². The second-order valence-electron chi connectivity index (χ2n) is 3.81. The zero-order chi connectivity index (χ0) is 10.8. The van der Waals surface area contributed by atoms with E-state index >= 15 is 0 Å². The Balaban J connectivity index is 2.18. The topological polar surface area (TPSA) is 42.1 Å². The molecule has 2 heterocycles. The Morgan fingerprint density at radius 2 is 2.40 bits per heavy atom. The average molecular weight is 291 g/mol. The molecule has 5 heteroatoms. The second kappa shape index (κ2) is 4.68. The van der Waals surface area contributed by atoms with Crippen molar-refractivity contribution in [2.75, 3.05) is 18.0 Å². The van der Waals surface area contributed by atoms with Crippen LogP contribution in [0.3, 0.4) is 0 Å². The molecule has 1 saturated heterocycles. The first-order valence-corrected chi connectivity index (χ1v) is 6.15. The van der Waals surface area contributed by atoms with Crippen molar-refractivity contribution in [3.63, 3.8) is 0 Å². The Labute approximate surface area is 103 Å². The van der Waals surface area contributed by atoms with E-state index in [-0.39, 0.29) is 6.04 Å². The largest absolute Gasteiger partial charge is 0.369 e. The van der Waals surface area contributed by atoms with Gasteiger partial charge in [-0.05, 0) is 34.8 Å². The van der Waals surface area contributed by atoms with E-state index in [1.807, 2.05) is 12.3 Å². The first kappa shape index (κ1) is 11.2. The molecule has 15 heavy (non-hydrogen) atoms. The molecule has 0 aliphatic carbocycles. The van der Waals surface area contributed by atoms with Crippen LogP contribution in [-0.2, 0) is 0 Å². The lowest BCUT2D eigenvalue weighted by atomic mass is 10.1. The average Bonchev–Trinajstić information content (AvgIpc) is 2.22. The van der Waals surface area contributed by atoms with Gasteiger partial charge in [-0.1, -0.05) is 11.6 Å². The number of anilines is 1. The van der Waals surface area contributed by atoms with Crippen LogP contribution >= 0.6 is 27.5 Å².